The van der Waals surface area contributed by atoms with Crippen molar-refractivity contribution in [3.63, 3.8) is 0 Å². The molecule has 4 nitrogen and oxygen atoms in total. The maximum Gasteiger partial charge on any atom is 0.407 e. The van der Waals surface area contributed by atoms with E-state index in [0.29, 0.717) is 0 Å². The summed E-state index contributed by atoms with van der Waals surface area (Å²) >= 11 is 0. The van der Waals surface area contributed by atoms with Gasteiger partial charge in [-0.05, 0) is 46.5 Å². The molecule has 0 spiro atoms. The van der Waals surface area contributed by atoms with Gasteiger partial charge in [0.1, 0.15) is 5.60 Å². The predicted octanol–water partition coefficient (Wildman–Crippen LogP) is 2.34. The fourth-order valence-electron chi connectivity index (χ4n) is 1.83. The van der Waals surface area contributed by atoms with Crippen molar-refractivity contribution in [2.45, 2.75) is 64.1 Å². The Kier molecular flexibility index (Phi) is 5.00. The van der Waals surface area contributed by atoms with Gasteiger partial charge in [-0.2, -0.15) is 0 Å². The molecule has 0 aliphatic heterocycles. The highest BCUT2D eigenvalue weighted by molar-refractivity contribution is 5.68. The molecule has 1 unspecified atom stereocenters. The molecule has 0 aromatic heterocycles. The maximum absolute atomic E-state index is 11.7. The summed E-state index contributed by atoms with van der Waals surface area (Å²) in [5.74, 6) is 0. The van der Waals surface area contributed by atoms with Crippen LogP contribution in [0.15, 0.2) is 12.2 Å². The highest BCUT2D eigenvalue weighted by Crippen LogP contribution is 2.13. The minimum Gasteiger partial charge on any atom is -0.444 e. The first-order chi connectivity index (χ1) is 7.88. The van der Waals surface area contributed by atoms with Gasteiger partial charge in [-0.15, -0.1) is 0 Å². The van der Waals surface area contributed by atoms with Gasteiger partial charge >= 0.3 is 6.09 Å². The first kappa shape index (κ1) is 14.0. The van der Waals surface area contributed by atoms with E-state index in [1.165, 1.54) is 0 Å². The zero-order valence-electron chi connectivity index (χ0n) is 11.0. The number of allylic oxidation sites excluding steroid dienone is 1. The van der Waals surface area contributed by atoms with Crippen LogP contribution in [0.5, 0.6) is 0 Å². The Bertz CT molecular complexity index is 282. The van der Waals surface area contributed by atoms with Gasteiger partial charge in [-0.3, -0.25) is 0 Å². The van der Waals surface area contributed by atoms with Crippen LogP contribution in [0.2, 0.25) is 0 Å². The standard InChI is InChI=1S/C13H24N2O2/c1-13(2,3)17-12(16)15-11-9-7-5-4-6-8-10(11)14/h5,7,10-11H,4,6,8-9,14H2,1-3H3,(H,15,16)/t10-,11?/m1/s1. The van der Waals surface area contributed by atoms with Gasteiger partial charge in [0.25, 0.3) is 0 Å². The Morgan fingerprint density at radius 1 is 1.41 bits per heavy atom. The highest BCUT2D eigenvalue weighted by Gasteiger charge is 2.23. The van der Waals surface area contributed by atoms with Crippen molar-refractivity contribution in [1.82, 2.24) is 5.32 Å². The van der Waals surface area contributed by atoms with Crippen molar-refractivity contribution < 1.29 is 9.53 Å². The normalized spacial score (nSPS) is 25.9. The molecule has 0 aromatic carbocycles. The molecule has 1 aliphatic carbocycles. The molecule has 0 heterocycles. The minimum absolute atomic E-state index is 0.00692. The molecule has 0 fully saturated rings. The summed E-state index contributed by atoms with van der Waals surface area (Å²) in [6.45, 7) is 5.56. The number of nitrogens with one attached hydrogen (secondary N) is 1. The number of carbonyl (C=O) groups is 1. The predicted molar refractivity (Wildman–Crippen MR) is 68.7 cm³/mol. The van der Waals surface area contributed by atoms with Crippen LogP contribution in [0, 0.1) is 0 Å². The second-order valence-electron chi connectivity index (χ2n) is 5.55. The molecule has 1 aliphatic rings. The van der Waals surface area contributed by atoms with Crippen LogP contribution < -0.4 is 11.1 Å². The number of carbonyl (C=O) groups excluding carboxylic acids is 1. The summed E-state index contributed by atoms with van der Waals surface area (Å²) < 4.78 is 5.23. The number of hydrogen-bond donors (Lipinski definition) is 2. The van der Waals surface area contributed by atoms with Crippen LogP contribution in [0.25, 0.3) is 0 Å². The second-order valence-corrected chi connectivity index (χ2v) is 5.55. The van der Waals surface area contributed by atoms with Gasteiger partial charge in [0.15, 0.2) is 0 Å². The number of amides is 1. The van der Waals surface area contributed by atoms with Crippen molar-refractivity contribution in [3.05, 3.63) is 12.2 Å². The third-order valence-electron chi connectivity index (χ3n) is 2.68. The van der Waals surface area contributed by atoms with E-state index in [1.54, 1.807) is 0 Å². The van der Waals surface area contributed by atoms with Crippen molar-refractivity contribution in [2.24, 2.45) is 5.73 Å². The van der Waals surface area contributed by atoms with E-state index in [9.17, 15) is 4.79 Å². The fraction of sp³-hybridized carbons (Fsp3) is 0.769. The molecule has 98 valence electrons. The molecule has 1 rings (SSSR count). The van der Waals surface area contributed by atoms with E-state index in [0.717, 1.165) is 25.7 Å². The Balaban J connectivity index is 2.49. The molecule has 0 bridgehead atoms. The number of rotatable bonds is 1. The highest BCUT2D eigenvalue weighted by atomic mass is 16.6. The molecule has 1 amide bonds. The van der Waals surface area contributed by atoms with Crippen LogP contribution in [0.1, 0.15) is 46.5 Å². The average molecular weight is 240 g/mol. The second kappa shape index (κ2) is 6.05. The summed E-state index contributed by atoms with van der Waals surface area (Å²) in [5.41, 5.74) is 5.59. The van der Waals surface area contributed by atoms with Gasteiger partial charge in [0.2, 0.25) is 0 Å². The molecular formula is C13H24N2O2. The van der Waals surface area contributed by atoms with Gasteiger partial charge in [0.05, 0.1) is 6.04 Å². The lowest BCUT2D eigenvalue weighted by Crippen LogP contribution is -2.49. The van der Waals surface area contributed by atoms with Crippen LogP contribution >= 0.6 is 0 Å². The molecule has 0 radical (unpaired) electrons. The smallest absolute Gasteiger partial charge is 0.407 e. The molecule has 3 N–H and O–H groups in total. The van der Waals surface area contributed by atoms with Crippen molar-refractivity contribution in [2.75, 3.05) is 0 Å². The average Bonchev–Trinajstić information content (AvgIpc) is 2.15. The SMILES string of the molecule is CC(C)(C)OC(=O)NC1CC=CCCC[C@H]1N. The van der Waals surface area contributed by atoms with Crippen molar-refractivity contribution >= 4 is 6.09 Å². The molecule has 0 aromatic rings. The summed E-state index contributed by atoms with van der Waals surface area (Å²) in [6.07, 6.45) is 7.71. The quantitative estimate of drug-likeness (QED) is 0.691. The van der Waals surface area contributed by atoms with E-state index in [1.807, 2.05) is 20.8 Å². The van der Waals surface area contributed by atoms with Crippen LogP contribution in [-0.2, 0) is 4.74 Å². The number of alkyl carbamates (subject to hydrolysis) is 1. The van der Waals surface area contributed by atoms with E-state index in [-0.39, 0.29) is 18.2 Å². The van der Waals surface area contributed by atoms with E-state index < -0.39 is 5.60 Å². The monoisotopic (exact) mass is 240 g/mol. The first-order valence-electron chi connectivity index (χ1n) is 6.28. The maximum atomic E-state index is 11.7. The number of hydrogen-bond acceptors (Lipinski definition) is 3. The molecule has 0 saturated heterocycles. The summed E-state index contributed by atoms with van der Waals surface area (Å²) in [6, 6.07) is -0.0196. The van der Waals surface area contributed by atoms with Gasteiger partial charge < -0.3 is 15.8 Å². The van der Waals surface area contributed by atoms with E-state index >= 15 is 0 Å². The largest absolute Gasteiger partial charge is 0.444 e. The summed E-state index contributed by atoms with van der Waals surface area (Å²) in [7, 11) is 0. The lowest BCUT2D eigenvalue weighted by molar-refractivity contribution is 0.0495. The number of ether oxygens (including phenoxy) is 1. The molecular weight excluding hydrogens is 216 g/mol. The minimum atomic E-state index is -0.467. The van der Waals surface area contributed by atoms with Crippen LogP contribution in [0.4, 0.5) is 4.79 Å². The lowest BCUT2D eigenvalue weighted by atomic mass is 9.97. The van der Waals surface area contributed by atoms with Gasteiger partial charge in [0, 0.05) is 6.04 Å². The van der Waals surface area contributed by atoms with E-state index in [2.05, 4.69) is 17.5 Å². The lowest BCUT2D eigenvalue weighted by Gasteiger charge is -2.27. The molecule has 17 heavy (non-hydrogen) atoms. The zero-order valence-corrected chi connectivity index (χ0v) is 11.0. The zero-order chi connectivity index (χ0) is 12.9. The first-order valence-corrected chi connectivity index (χ1v) is 6.28. The summed E-state index contributed by atoms with van der Waals surface area (Å²) in [4.78, 5) is 11.7. The van der Waals surface area contributed by atoms with Crippen molar-refractivity contribution in [3.8, 4) is 0 Å². The molecule has 2 atom stereocenters. The Morgan fingerprint density at radius 3 is 2.76 bits per heavy atom. The molecule has 4 heteroatoms. The fourth-order valence-corrected chi connectivity index (χ4v) is 1.83. The Morgan fingerprint density at radius 2 is 2.12 bits per heavy atom. The Labute approximate surface area is 104 Å². The topological polar surface area (TPSA) is 64.3 Å². The number of nitrogens with two attached hydrogens (primary N) is 1. The van der Waals surface area contributed by atoms with Gasteiger partial charge in [-0.1, -0.05) is 12.2 Å². The third kappa shape index (κ3) is 5.73. The van der Waals surface area contributed by atoms with Crippen LogP contribution in [0.3, 0.4) is 0 Å². The van der Waals surface area contributed by atoms with E-state index in [4.69, 9.17) is 10.5 Å². The van der Waals surface area contributed by atoms with Gasteiger partial charge in [-0.25, -0.2) is 4.79 Å². The van der Waals surface area contributed by atoms with Crippen LogP contribution in [-0.4, -0.2) is 23.8 Å². The van der Waals surface area contributed by atoms with Crippen molar-refractivity contribution in [1.29, 1.82) is 0 Å². The summed E-state index contributed by atoms with van der Waals surface area (Å²) in [5, 5.41) is 2.86. The third-order valence-corrected chi connectivity index (χ3v) is 2.68. The molecule has 0 saturated carbocycles. The Hall–Kier alpha value is -1.03.